The molecule has 3 aromatic carbocycles. The molecule has 5 nitrogen and oxygen atoms in total. The van der Waals surface area contributed by atoms with Gasteiger partial charge in [0, 0.05) is 0 Å². The molecule has 0 aliphatic carbocycles. The second kappa shape index (κ2) is 11.3. The second-order valence-electron chi connectivity index (χ2n) is 8.81. The number of anilines is 2. The predicted molar refractivity (Wildman–Crippen MR) is 131 cm³/mol. The van der Waals surface area contributed by atoms with Crippen LogP contribution in [0.15, 0.2) is 84.9 Å². The van der Waals surface area contributed by atoms with E-state index in [-0.39, 0.29) is 12.4 Å². The molecular weight excluding hydrogens is 414 g/mol. The molecule has 0 aliphatic heterocycles. The molecule has 0 heterocycles. The van der Waals surface area contributed by atoms with Crippen molar-refractivity contribution in [3.8, 4) is 0 Å². The number of para-hydroxylation sites is 2. The van der Waals surface area contributed by atoms with Gasteiger partial charge in [-0.15, -0.1) is 0 Å². The Hall–Kier alpha value is -3.60. The van der Waals surface area contributed by atoms with Crippen molar-refractivity contribution in [2.75, 3.05) is 11.5 Å². The van der Waals surface area contributed by atoms with E-state index in [2.05, 4.69) is 0 Å². The molecule has 0 bridgehead atoms. The molecule has 0 fully saturated rings. The van der Waals surface area contributed by atoms with E-state index in [4.69, 9.17) is 9.47 Å². The Morgan fingerprint density at radius 3 is 1.94 bits per heavy atom. The highest BCUT2D eigenvalue weighted by Gasteiger charge is 2.19. The van der Waals surface area contributed by atoms with Crippen LogP contribution in [0.5, 0.6) is 0 Å². The number of hydrogen-bond acceptors (Lipinski definition) is 4. The van der Waals surface area contributed by atoms with Crippen LogP contribution in [-0.4, -0.2) is 24.3 Å². The van der Waals surface area contributed by atoms with Crippen LogP contribution >= 0.6 is 0 Å². The molecule has 0 aliphatic rings. The SMILES string of the molecule is CC(C)(C)OC(=O)Cc1cccc(CCCOC(=O)N(c2ccccc2)c2ccccc2)c1. The molecule has 0 spiro atoms. The van der Waals surface area contributed by atoms with E-state index in [0.29, 0.717) is 13.0 Å². The van der Waals surface area contributed by atoms with Crippen LogP contribution in [0.1, 0.15) is 38.3 Å². The lowest BCUT2D eigenvalue weighted by Gasteiger charge is -2.22. The van der Waals surface area contributed by atoms with Crippen LogP contribution in [0, 0.1) is 0 Å². The van der Waals surface area contributed by atoms with Crippen molar-refractivity contribution in [2.24, 2.45) is 0 Å². The van der Waals surface area contributed by atoms with Gasteiger partial charge in [-0.2, -0.15) is 0 Å². The highest BCUT2D eigenvalue weighted by Crippen LogP contribution is 2.25. The quantitative estimate of drug-likeness (QED) is 0.294. The van der Waals surface area contributed by atoms with Gasteiger partial charge in [-0.05, 0) is 69.0 Å². The van der Waals surface area contributed by atoms with Gasteiger partial charge in [0.1, 0.15) is 5.60 Å². The summed E-state index contributed by atoms with van der Waals surface area (Å²) in [7, 11) is 0. The molecule has 0 radical (unpaired) electrons. The number of rotatable bonds is 8. The number of carbonyl (C=O) groups is 2. The molecule has 5 heteroatoms. The topological polar surface area (TPSA) is 55.8 Å². The van der Waals surface area contributed by atoms with Gasteiger partial charge >= 0.3 is 12.1 Å². The summed E-state index contributed by atoms with van der Waals surface area (Å²) in [4.78, 5) is 26.6. The summed E-state index contributed by atoms with van der Waals surface area (Å²) in [5.74, 6) is -0.240. The first-order valence-corrected chi connectivity index (χ1v) is 11.2. The van der Waals surface area contributed by atoms with Crippen molar-refractivity contribution in [1.82, 2.24) is 0 Å². The summed E-state index contributed by atoms with van der Waals surface area (Å²) in [6.45, 7) is 5.88. The fraction of sp³-hybridized carbons (Fsp3) is 0.286. The van der Waals surface area contributed by atoms with Crippen molar-refractivity contribution < 1.29 is 19.1 Å². The van der Waals surface area contributed by atoms with Crippen LogP contribution in [-0.2, 0) is 27.1 Å². The van der Waals surface area contributed by atoms with Gasteiger partial charge in [-0.25, -0.2) is 9.69 Å². The van der Waals surface area contributed by atoms with Gasteiger partial charge in [0.15, 0.2) is 0 Å². The molecule has 0 aromatic heterocycles. The first-order chi connectivity index (χ1) is 15.8. The number of esters is 1. The standard InChI is InChI=1S/C28H31NO4/c1-28(2,3)33-26(30)21-23-13-10-12-22(20-23)14-11-19-32-27(31)29(24-15-6-4-7-16-24)25-17-8-5-9-18-25/h4-10,12-13,15-18,20H,11,14,19,21H2,1-3H3. The van der Waals surface area contributed by atoms with Gasteiger partial charge in [-0.1, -0.05) is 60.7 Å². The Morgan fingerprint density at radius 2 is 1.36 bits per heavy atom. The fourth-order valence-corrected chi connectivity index (χ4v) is 3.45. The largest absolute Gasteiger partial charge is 0.460 e. The van der Waals surface area contributed by atoms with E-state index < -0.39 is 11.7 Å². The monoisotopic (exact) mass is 445 g/mol. The highest BCUT2D eigenvalue weighted by molar-refractivity contribution is 5.95. The van der Waals surface area contributed by atoms with E-state index >= 15 is 0 Å². The third-order valence-electron chi connectivity index (χ3n) is 4.81. The summed E-state index contributed by atoms with van der Waals surface area (Å²) >= 11 is 0. The zero-order chi connectivity index (χ0) is 23.7. The minimum Gasteiger partial charge on any atom is -0.460 e. The van der Waals surface area contributed by atoms with Crippen LogP contribution < -0.4 is 4.90 Å². The zero-order valence-corrected chi connectivity index (χ0v) is 19.5. The number of amides is 1. The highest BCUT2D eigenvalue weighted by atomic mass is 16.6. The predicted octanol–water partition coefficient (Wildman–Crippen LogP) is 6.48. The maximum atomic E-state index is 12.9. The molecule has 0 N–H and O–H groups in total. The molecule has 0 atom stereocenters. The average Bonchev–Trinajstić information content (AvgIpc) is 2.77. The summed E-state index contributed by atoms with van der Waals surface area (Å²) in [6, 6.07) is 26.8. The van der Waals surface area contributed by atoms with Crippen LogP contribution in [0.2, 0.25) is 0 Å². The third kappa shape index (κ3) is 7.79. The summed E-state index contributed by atoms with van der Waals surface area (Å²) in [5, 5.41) is 0. The van der Waals surface area contributed by atoms with Crippen LogP contribution in [0.25, 0.3) is 0 Å². The molecule has 33 heavy (non-hydrogen) atoms. The van der Waals surface area contributed by atoms with Crippen molar-refractivity contribution in [3.63, 3.8) is 0 Å². The molecule has 1 amide bonds. The number of ether oxygens (including phenoxy) is 2. The molecule has 0 saturated carbocycles. The van der Waals surface area contributed by atoms with Gasteiger partial charge in [0.2, 0.25) is 0 Å². The van der Waals surface area contributed by atoms with Crippen LogP contribution in [0.3, 0.4) is 0 Å². The molecule has 0 saturated heterocycles. The lowest BCUT2D eigenvalue weighted by atomic mass is 10.0. The number of hydrogen-bond donors (Lipinski definition) is 0. The Kier molecular flexibility index (Phi) is 8.25. The lowest BCUT2D eigenvalue weighted by molar-refractivity contribution is -0.153. The summed E-state index contributed by atoms with van der Waals surface area (Å²) in [5.41, 5.74) is 3.02. The van der Waals surface area contributed by atoms with E-state index in [1.807, 2.05) is 106 Å². The summed E-state index contributed by atoms with van der Waals surface area (Å²) < 4.78 is 11.0. The molecule has 3 aromatic rings. The Morgan fingerprint density at radius 1 is 0.788 bits per heavy atom. The van der Waals surface area contributed by atoms with Crippen molar-refractivity contribution in [3.05, 3.63) is 96.1 Å². The summed E-state index contributed by atoms with van der Waals surface area (Å²) in [6.07, 6.45) is 1.25. The van der Waals surface area contributed by atoms with Crippen molar-refractivity contribution in [2.45, 2.75) is 45.6 Å². The van der Waals surface area contributed by atoms with Crippen LogP contribution in [0.4, 0.5) is 16.2 Å². The van der Waals surface area contributed by atoms with Gasteiger partial charge < -0.3 is 9.47 Å². The van der Waals surface area contributed by atoms with E-state index in [9.17, 15) is 9.59 Å². The lowest BCUT2D eigenvalue weighted by Crippen LogP contribution is -2.27. The Bertz CT molecular complexity index is 1000. The molecule has 3 rings (SSSR count). The van der Waals surface area contributed by atoms with Gasteiger partial charge in [0.05, 0.1) is 24.4 Å². The van der Waals surface area contributed by atoms with Crippen molar-refractivity contribution >= 4 is 23.4 Å². The smallest absolute Gasteiger partial charge is 0.418 e. The first-order valence-electron chi connectivity index (χ1n) is 11.2. The maximum Gasteiger partial charge on any atom is 0.418 e. The van der Waals surface area contributed by atoms with E-state index in [1.165, 1.54) is 0 Å². The van der Waals surface area contributed by atoms with Gasteiger partial charge in [-0.3, -0.25) is 4.79 Å². The van der Waals surface area contributed by atoms with E-state index in [0.717, 1.165) is 28.9 Å². The maximum absolute atomic E-state index is 12.9. The zero-order valence-electron chi connectivity index (χ0n) is 19.5. The Balaban J connectivity index is 1.54. The minimum atomic E-state index is -0.494. The second-order valence-corrected chi connectivity index (χ2v) is 8.81. The number of carbonyl (C=O) groups excluding carboxylic acids is 2. The number of aryl methyl sites for hydroxylation is 1. The molecule has 172 valence electrons. The Labute approximate surface area is 196 Å². The number of nitrogens with zero attached hydrogens (tertiary/aromatic N) is 1. The number of benzene rings is 3. The average molecular weight is 446 g/mol. The molecular formula is C28H31NO4. The minimum absolute atomic E-state index is 0.239. The first kappa shape index (κ1) is 24.1. The third-order valence-corrected chi connectivity index (χ3v) is 4.81. The normalized spacial score (nSPS) is 11.0. The van der Waals surface area contributed by atoms with Crippen molar-refractivity contribution in [1.29, 1.82) is 0 Å². The van der Waals surface area contributed by atoms with E-state index in [1.54, 1.807) is 4.90 Å². The molecule has 0 unspecified atom stereocenters. The van der Waals surface area contributed by atoms with Gasteiger partial charge in [0.25, 0.3) is 0 Å². The fourth-order valence-electron chi connectivity index (χ4n) is 3.45.